The van der Waals surface area contributed by atoms with Crippen LogP contribution in [0.3, 0.4) is 0 Å². The SMILES string of the molecule is CC(=O)c1ccc(CCNS(=O)(=O)c2cccc3cccnc23)s1. The number of sulfonamides is 1. The van der Waals surface area contributed by atoms with Crippen LogP contribution in [0.4, 0.5) is 0 Å². The Balaban J connectivity index is 1.74. The minimum absolute atomic E-state index is 0.0219. The van der Waals surface area contributed by atoms with Gasteiger partial charge in [0.1, 0.15) is 4.90 Å². The lowest BCUT2D eigenvalue weighted by Gasteiger charge is -2.08. The Morgan fingerprint density at radius 1 is 1.17 bits per heavy atom. The first-order chi connectivity index (χ1) is 11.5. The second-order valence-electron chi connectivity index (χ2n) is 5.30. The van der Waals surface area contributed by atoms with E-state index in [1.54, 1.807) is 30.5 Å². The lowest BCUT2D eigenvalue weighted by atomic mass is 10.2. The van der Waals surface area contributed by atoms with Crippen molar-refractivity contribution in [2.75, 3.05) is 6.54 Å². The number of rotatable bonds is 6. The zero-order valence-electron chi connectivity index (χ0n) is 13.0. The van der Waals surface area contributed by atoms with Crippen LogP contribution in [0.5, 0.6) is 0 Å². The molecule has 0 aliphatic heterocycles. The van der Waals surface area contributed by atoms with Gasteiger partial charge in [0.15, 0.2) is 5.78 Å². The van der Waals surface area contributed by atoms with Crippen molar-refractivity contribution in [1.29, 1.82) is 0 Å². The number of hydrogen-bond donors (Lipinski definition) is 1. The van der Waals surface area contributed by atoms with Gasteiger partial charge in [-0.25, -0.2) is 13.1 Å². The molecule has 0 aliphatic rings. The number of fused-ring (bicyclic) bond motifs is 1. The van der Waals surface area contributed by atoms with Crippen LogP contribution in [0, 0.1) is 0 Å². The number of pyridine rings is 1. The number of Topliss-reactive ketones (excluding diaryl/α,β-unsaturated/α-hetero) is 1. The van der Waals surface area contributed by atoms with Crippen LogP contribution in [0.1, 0.15) is 21.5 Å². The molecule has 0 amide bonds. The second kappa shape index (κ2) is 6.80. The summed E-state index contributed by atoms with van der Waals surface area (Å²) in [5, 5.41) is 0.782. The maximum atomic E-state index is 12.5. The molecule has 0 bridgehead atoms. The van der Waals surface area contributed by atoms with Crippen LogP contribution in [0.15, 0.2) is 53.6 Å². The van der Waals surface area contributed by atoms with E-state index in [9.17, 15) is 13.2 Å². The van der Waals surface area contributed by atoms with Crippen LogP contribution in [0.2, 0.25) is 0 Å². The molecule has 0 saturated carbocycles. The van der Waals surface area contributed by atoms with Gasteiger partial charge in [0.2, 0.25) is 10.0 Å². The molecule has 0 saturated heterocycles. The van der Waals surface area contributed by atoms with Gasteiger partial charge < -0.3 is 0 Å². The minimum atomic E-state index is -3.64. The molecule has 24 heavy (non-hydrogen) atoms. The Hall–Kier alpha value is -2.09. The molecule has 2 aromatic heterocycles. The summed E-state index contributed by atoms with van der Waals surface area (Å²) in [6.45, 7) is 1.79. The molecule has 1 aromatic carbocycles. The predicted octanol–water partition coefficient (Wildman–Crippen LogP) is 3.02. The monoisotopic (exact) mass is 360 g/mol. The molecule has 1 N–H and O–H groups in total. The van der Waals surface area contributed by atoms with Crippen molar-refractivity contribution in [1.82, 2.24) is 9.71 Å². The number of nitrogens with zero attached hydrogens (tertiary/aromatic N) is 1. The number of benzene rings is 1. The molecule has 3 aromatic rings. The van der Waals surface area contributed by atoms with Crippen LogP contribution < -0.4 is 4.72 Å². The fourth-order valence-corrected chi connectivity index (χ4v) is 4.49. The highest BCUT2D eigenvalue weighted by molar-refractivity contribution is 7.89. The Bertz CT molecular complexity index is 988. The highest BCUT2D eigenvalue weighted by Crippen LogP contribution is 2.21. The zero-order valence-corrected chi connectivity index (χ0v) is 14.7. The quantitative estimate of drug-likeness (QED) is 0.686. The summed E-state index contributed by atoms with van der Waals surface area (Å²) in [4.78, 5) is 17.3. The molecular formula is C17H16N2O3S2. The molecule has 3 rings (SSSR count). The van der Waals surface area contributed by atoms with Crippen molar-refractivity contribution in [2.45, 2.75) is 18.2 Å². The highest BCUT2D eigenvalue weighted by Gasteiger charge is 2.17. The lowest BCUT2D eigenvalue weighted by Crippen LogP contribution is -2.26. The van der Waals surface area contributed by atoms with Gasteiger partial charge in [0, 0.05) is 23.0 Å². The first kappa shape index (κ1) is 16.8. The Morgan fingerprint density at radius 3 is 2.71 bits per heavy atom. The van der Waals surface area contributed by atoms with Gasteiger partial charge in [-0.05, 0) is 37.6 Å². The minimum Gasteiger partial charge on any atom is -0.294 e. The van der Waals surface area contributed by atoms with E-state index in [0.717, 1.165) is 10.3 Å². The summed E-state index contributed by atoms with van der Waals surface area (Å²) in [5.74, 6) is 0.0219. The summed E-state index contributed by atoms with van der Waals surface area (Å²) in [6.07, 6.45) is 2.12. The summed E-state index contributed by atoms with van der Waals surface area (Å²) in [5.41, 5.74) is 0.461. The van der Waals surface area contributed by atoms with Gasteiger partial charge in [0.05, 0.1) is 10.4 Å². The van der Waals surface area contributed by atoms with Crippen molar-refractivity contribution in [3.8, 4) is 0 Å². The lowest BCUT2D eigenvalue weighted by molar-refractivity contribution is 0.102. The molecule has 124 valence electrons. The van der Waals surface area contributed by atoms with Crippen molar-refractivity contribution in [3.63, 3.8) is 0 Å². The van der Waals surface area contributed by atoms with Crippen LogP contribution >= 0.6 is 11.3 Å². The number of ketones is 1. The van der Waals surface area contributed by atoms with E-state index in [2.05, 4.69) is 9.71 Å². The predicted molar refractivity (Wildman–Crippen MR) is 95.0 cm³/mol. The normalized spacial score (nSPS) is 11.7. The summed E-state index contributed by atoms with van der Waals surface area (Å²) in [7, 11) is -3.64. The molecule has 2 heterocycles. The van der Waals surface area contributed by atoms with Crippen molar-refractivity contribution < 1.29 is 13.2 Å². The third kappa shape index (κ3) is 3.53. The Morgan fingerprint density at radius 2 is 1.96 bits per heavy atom. The van der Waals surface area contributed by atoms with E-state index < -0.39 is 10.0 Å². The van der Waals surface area contributed by atoms with E-state index in [1.807, 2.05) is 18.2 Å². The van der Waals surface area contributed by atoms with Crippen LogP contribution in [-0.2, 0) is 16.4 Å². The number of aromatic nitrogens is 1. The molecule has 0 atom stereocenters. The third-order valence-corrected chi connectivity index (χ3v) is 6.30. The van der Waals surface area contributed by atoms with Gasteiger partial charge in [0.25, 0.3) is 0 Å². The van der Waals surface area contributed by atoms with E-state index >= 15 is 0 Å². The van der Waals surface area contributed by atoms with Crippen molar-refractivity contribution in [2.24, 2.45) is 0 Å². The fraction of sp³-hybridized carbons (Fsp3) is 0.176. The van der Waals surface area contributed by atoms with Gasteiger partial charge in [-0.3, -0.25) is 9.78 Å². The topological polar surface area (TPSA) is 76.1 Å². The van der Waals surface area contributed by atoms with Crippen LogP contribution in [0.25, 0.3) is 10.9 Å². The number of carbonyl (C=O) groups excluding carboxylic acids is 1. The number of hydrogen-bond acceptors (Lipinski definition) is 5. The Labute approximate surface area is 144 Å². The van der Waals surface area contributed by atoms with E-state index in [0.29, 0.717) is 16.8 Å². The van der Waals surface area contributed by atoms with Gasteiger partial charge >= 0.3 is 0 Å². The van der Waals surface area contributed by atoms with E-state index in [4.69, 9.17) is 0 Å². The first-order valence-electron chi connectivity index (χ1n) is 7.40. The maximum absolute atomic E-state index is 12.5. The number of thiophene rings is 1. The summed E-state index contributed by atoms with van der Waals surface area (Å²) >= 11 is 1.39. The van der Waals surface area contributed by atoms with Gasteiger partial charge in [-0.2, -0.15) is 0 Å². The molecule has 0 spiro atoms. The summed E-state index contributed by atoms with van der Waals surface area (Å²) < 4.78 is 27.7. The molecule has 0 radical (unpaired) electrons. The van der Waals surface area contributed by atoms with Gasteiger partial charge in [-0.15, -0.1) is 11.3 Å². The van der Waals surface area contributed by atoms with Gasteiger partial charge in [-0.1, -0.05) is 18.2 Å². The van der Waals surface area contributed by atoms with Crippen molar-refractivity contribution >= 4 is 38.0 Å². The summed E-state index contributed by atoms with van der Waals surface area (Å²) in [6, 6.07) is 12.3. The van der Waals surface area contributed by atoms with E-state index in [-0.39, 0.29) is 17.2 Å². The molecule has 0 aliphatic carbocycles. The first-order valence-corrected chi connectivity index (χ1v) is 9.70. The molecule has 0 fully saturated rings. The maximum Gasteiger partial charge on any atom is 0.242 e. The zero-order chi connectivity index (χ0) is 17.2. The molecule has 5 nitrogen and oxygen atoms in total. The number of carbonyl (C=O) groups is 1. The number of para-hydroxylation sites is 1. The molecular weight excluding hydrogens is 344 g/mol. The van der Waals surface area contributed by atoms with Crippen LogP contribution in [-0.4, -0.2) is 25.7 Å². The fourth-order valence-electron chi connectivity index (χ4n) is 2.38. The molecule has 7 heteroatoms. The average molecular weight is 360 g/mol. The smallest absolute Gasteiger partial charge is 0.242 e. The Kier molecular flexibility index (Phi) is 4.75. The highest BCUT2D eigenvalue weighted by atomic mass is 32.2. The number of nitrogens with one attached hydrogen (secondary N) is 1. The van der Waals surface area contributed by atoms with Crippen molar-refractivity contribution in [3.05, 3.63) is 58.4 Å². The average Bonchev–Trinajstić information content (AvgIpc) is 3.03. The second-order valence-corrected chi connectivity index (χ2v) is 8.20. The molecule has 0 unspecified atom stereocenters. The third-order valence-electron chi connectivity index (χ3n) is 3.56. The largest absolute Gasteiger partial charge is 0.294 e. The standard InChI is InChI=1S/C17H16N2O3S2/c1-12(20)15-8-7-14(23-15)9-11-19-24(21,22)16-6-2-4-13-5-3-10-18-17(13)16/h2-8,10,19H,9,11H2,1H3. The van der Waals surface area contributed by atoms with E-state index in [1.165, 1.54) is 18.3 Å².